The highest BCUT2D eigenvalue weighted by Crippen LogP contribution is 2.19. The predicted molar refractivity (Wildman–Crippen MR) is 99.2 cm³/mol. The van der Waals surface area contributed by atoms with Gasteiger partial charge in [0.1, 0.15) is 5.82 Å². The summed E-state index contributed by atoms with van der Waals surface area (Å²) in [4.78, 5) is -0.259. The van der Waals surface area contributed by atoms with Gasteiger partial charge in [-0.3, -0.25) is 4.72 Å². The summed E-state index contributed by atoms with van der Waals surface area (Å²) in [5.41, 5.74) is 1.03. The number of rotatable bonds is 7. The molecule has 0 fully saturated rings. The van der Waals surface area contributed by atoms with Gasteiger partial charge in [-0.25, -0.2) is 30.5 Å². The summed E-state index contributed by atoms with van der Waals surface area (Å²) in [6.07, 6.45) is 3.16. The van der Waals surface area contributed by atoms with Gasteiger partial charge in [0.05, 0.1) is 26.9 Å². The molecule has 8 nitrogen and oxygen atoms in total. The average Bonchev–Trinajstić information content (AvgIpc) is 3.04. The van der Waals surface area contributed by atoms with Gasteiger partial charge in [-0.15, -0.1) is 0 Å². The first-order valence-corrected chi connectivity index (χ1v) is 11.1. The van der Waals surface area contributed by atoms with Crippen LogP contribution in [0.3, 0.4) is 0 Å². The van der Waals surface area contributed by atoms with E-state index in [4.69, 9.17) is 11.6 Å². The number of hydrogen-bond acceptors (Lipinski definition) is 5. The molecule has 0 aliphatic heterocycles. The van der Waals surface area contributed by atoms with Gasteiger partial charge >= 0.3 is 0 Å². The predicted octanol–water partition coefficient (Wildman–Crippen LogP) is 1.85. The van der Waals surface area contributed by atoms with Crippen molar-refractivity contribution >= 4 is 42.9 Å². The van der Waals surface area contributed by atoms with E-state index in [1.807, 2.05) is 0 Å². The fourth-order valence-corrected chi connectivity index (χ4v) is 4.64. The first kappa shape index (κ1) is 19.5. The minimum absolute atomic E-state index is 0.259. The van der Waals surface area contributed by atoms with E-state index >= 15 is 0 Å². The molecule has 144 valence electrons. The molecule has 2 aromatic heterocycles. The largest absolute Gasteiger partial charge is 0.283 e. The number of nitrogens with one attached hydrogen (secondary N) is 2. The van der Waals surface area contributed by atoms with Crippen LogP contribution in [0.15, 0.2) is 53.7 Å². The lowest BCUT2D eigenvalue weighted by Crippen LogP contribution is -2.31. The van der Waals surface area contributed by atoms with Gasteiger partial charge in [-0.05, 0) is 36.4 Å². The zero-order chi connectivity index (χ0) is 19.7. The molecular weight excluding hydrogens is 419 g/mol. The van der Waals surface area contributed by atoms with E-state index in [-0.39, 0.29) is 16.5 Å². The number of fused-ring (bicyclic) bond motifs is 1. The molecule has 0 atom stereocenters. The topological polar surface area (TPSA) is 110 Å². The van der Waals surface area contributed by atoms with Crippen LogP contribution in [0.25, 0.3) is 5.52 Å². The molecular formula is C15H14ClFN4O4S2. The standard InChI is InChI=1S/C15H14ClFN4O4S2/c16-14-10-13(1-2-15(14)17)27(24,25)19-6-8-26(22,23)20-11-4-7-21-12(9-11)3-5-18-21/h1-5,7,9-10,19-20H,6,8H2. The number of hydrogen-bond donors (Lipinski definition) is 2. The van der Waals surface area contributed by atoms with E-state index in [9.17, 15) is 21.2 Å². The normalized spacial score (nSPS) is 12.4. The molecule has 1 aromatic carbocycles. The Morgan fingerprint density at radius 1 is 1.11 bits per heavy atom. The monoisotopic (exact) mass is 432 g/mol. The van der Waals surface area contributed by atoms with E-state index in [2.05, 4.69) is 14.5 Å². The number of aromatic nitrogens is 2. The highest BCUT2D eigenvalue weighted by Gasteiger charge is 2.18. The van der Waals surface area contributed by atoms with Crippen molar-refractivity contribution in [3.63, 3.8) is 0 Å². The van der Waals surface area contributed by atoms with E-state index in [0.717, 1.165) is 18.2 Å². The zero-order valence-electron chi connectivity index (χ0n) is 13.6. The molecule has 0 saturated heterocycles. The molecule has 2 heterocycles. The third-order valence-electron chi connectivity index (χ3n) is 3.54. The van der Waals surface area contributed by atoms with Crippen LogP contribution in [-0.4, -0.2) is 38.7 Å². The first-order chi connectivity index (χ1) is 12.7. The Kier molecular flexibility index (Phi) is 5.38. The van der Waals surface area contributed by atoms with Crippen LogP contribution in [-0.2, 0) is 20.0 Å². The van der Waals surface area contributed by atoms with Gasteiger partial charge in [0.2, 0.25) is 20.0 Å². The van der Waals surface area contributed by atoms with Crippen LogP contribution >= 0.6 is 11.6 Å². The van der Waals surface area contributed by atoms with Gasteiger partial charge in [-0.2, -0.15) is 5.10 Å². The number of nitrogens with zero attached hydrogens (tertiary/aromatic N) is 2. The second kappa shape index (κ2) is 7.43. The molecule has 0 bridgehead atoms. The van der Waals surface area contributed by atoms with Gasteiger partial charge in [0, 0.05) is 18.9 Å². The third-order valence-corrected chi connectivity index (χ3v) is 6.57. The van der Waals surface area contributed by atoms with Crippen molar-refractivity contribution in [2.75, 3.05) is 17.0 Å². The van der Waals surface area contributed by atoms with E-state index in [0.29, 0.717) is 11.2 Å². The molecule has 0 aliphatic rings. The summed E-state index contributed by atoms with van der Waals surface area (Å²) in [6.45, 7) is -0.373. The Morgan fingerprint density at radius 2 is 1.89 bits per heavy atom. The summed E-state index contributed by atoms with van der Waals surface area (Å²) in [6, 6.07) is 7.74. The van der Waals surface area contributed by atoms with Crippen LogP contribution < -0.4 is 9.44 Å². The maximum atomic E-state index is 13.1. The Hall–Kier alpha value is -2.21. The summed E-state index contributed by atoms with van der Waals surface area (Å²) in [7, 11) is -7.82. The molecule has 3 aromatic rings. The molecule has 0 aliphatic carbocycles. The van der Waals surface area contributed by atoms with Gasteiger partial charge < -0.3 is 0 Å². The van der Waals surface area contributed by atoms with Crippen LogP contribution in [0.1, 0.15) is 0 Å². The van der Waals surface area contributed by atoms with Crippen LogP contribution in [0.5, 0.6) is 0 Å². The van der Waals surface area contributed by atoms with Gasteiger partial charge in [0.15, 0.2) is 0 Å². The fraction of sp³-hybridized carbons (Fsp3) is 0.133. The second-order valence-electron chi connectivity index (χ2n) is 5.51. The van der Waals surface area contributed by atoms with Crippen molar-refractivity contribution in [3.8, 4) is 0 Å². The molecule has 0 unspecified atom stereocenters. The molecule has 0 amide bonds. The summed E-state index contributed by atoms with van der Waals surface area (Å²) >= 11 is 5.57. The third kappa shape index (κ3) is 4.75. The van der Waals surface area contributed by atoms with Gasteiger partial charge in [0.25, 0.3) is 0 Å². The number of pyridine rings is 1. The highest BCUT2D eigenvalue weighted by molar-refractivity contribution is 7.92. The smallest absolute Gasteiger partial charge is 0.240 e. The van der Waals surface area contributed by atoms with E-state index in [1.165, 1.54) is 6.07 Å². The molecule has 0 radical (unpaired) electrons. The summed E-state index contributed by atoms with van der Waals surface area (Å²) < 4.78 is 67.8. The van der Waals surface area contributed by atoms with Crippen molar-refractivity contribution in [1.29, 1.82) is 0 Å². The minimum Gasteiger partial charge on any atom is -0.283 e. The molecule has 0 spiro atoms. The summed E-state index contributed by atoms with van der Waals surface area (Å²) in [5, 5.41) is 3.66. The lowest BCUT2D eigenvalue weighted by atomic mass is 10.3. The maximum absolute atomic E-state index is 13.1. The SMILES string of the molecule is O=S(=O)(CCNS(=O)(=O)c1ccc(F)c(Cl)c1)Nc1ccn2nccc2c1. The van der Waals surface area contributed by atoms with Crippen LogP contribution in [0, 0.1) is 5.82 Å². The fourth-order valence-electron chi connectivity index (χ4n) is 2.25. The van der Waals surface area contributed by atoms with Crippen molar-refractivity contribution in [2.24, 2.45) is 0 Å². The van der Waals surface area contributed by atoms with E-state index in [1.54, 1.807) is 29.0 Å². The van der Waals surface area contributed by atoms with Crippen molar-refractivity contribution in [1.82, 2.24) is 14.3 Å². The first-order valence-electron chi connectivity index (χ1n) is 7.55. The maximum Gasteiger partial charge on any atom is 0.240 e. The van der Waals surface area contributed by atoms with Crippen molar-refractivity contribution in [2.45, 2.75) is 4.90 Å². The minimum atomic E-state index is -4.02. The summed E-state index contributed by atoms with van der Waals surface area (Å²) in [5.74, 6) is -1.25. The average molecular weight is 433 g/mol. The number of benzene rings is 1. The lowest BCUT2D eigenvalue weighted by molar-refractivity contribution is 0.581. The molecule has 12 heteroatoms. The molecule has 27 heavy (non-hydrogen) atoms. The Morgan fingerprint density at radius 3 is 2.63 bits per heavy atom. The quantitative estimate of drug-likeness (QED) is 0.592. The Bertz CT molecular complexity index is 1200. The Labute approximate surface area is 160 Å². The number of anilines is 1. The Balaban J connectivity index is 1.63. The highest BCUT2D eigenvalue weighted by atomic mass is 35.5. The van der Waals surface area contributed by atoms with Crippen molar-refractivity contribution in [3.05, 3.63) is 59.6 Å². The van der Waals surface area contributed by atoms with Crippen LogP contribution in [0.4, 0.5) is 10.1 Å². The molecule has 2 N–H and O–H groups in total. The zero-order valence-corrected chi connectivity index (χ0v) is 16.0. The lowest BCUT2D eigenvalue weighted by Gasteiger charge is -2.10. The van der Waals surface area contributed by atoms with Crippen LogP contribution in [0.2, 0.25) is 5.02 Å². The second-order valence-corrected chi connectivity index (χ2v) is 9.53. The van der Waals surface area contributed by atoms with Crippen molar-refractivity contribution < 1.29 is 21.2 Å². The van der Waals surface area contributed by atoms with Gasteiger partial charge in [-0.1, -0.05) is 11.6 Å². The number of halogens is 2. The van der Waals surface area contributed by atoms with E-state index < -0.39 is 31.6 Å². The molecule has 0 saturated carbocycles. The number of sulfonamides is 2. The molecule has 3 rings (SSSR count).